The molecule has 0 unspecified atom stereocenters. The van der Waals surface area contributed by atoms with Crippen molar-refractivity contribution in [3.63, 3.8) is 0 Å². The molecule has 1 aliphatic rings. The van der Waals surface area contributed by atoms with Crippen LogP contribution in [0.25, 0.3) is 22.8 Å². The lowest BCUT2D eigenvalue weighted by Crippen LogP contribution is -1.92. The third-order valence-electron chi connectivity index (χ3n) is 3.45. The van der Waals surface area contributed by atoms with Crippen LogP contribution in [0.5, 0.6) is 11.5 Å². The molecule has 1 aromatic heterocycles. The highest BCUT2D eigenvalue weighted by Gasteiger charge is 2.18. The largest absolute Gasteiger partial charge is 0.454 e. The van der Waals surface area contributed by atoms with E-state index in [0.717, 1.165) is 34.1 Å². The SMILES string of the molecule is Cc1nc(-c2ccccc2)oc1-c1ccc2c(c1)OCO2. The Morgan fingerprint density at radius 3 is 2.57 bits per heavy atom. The van der Waals surface area contributed by atoms with Crippen LogP contribution in [0.2, 0.25) is 0 Å². The van der Waals surface area contributed by atoms with E-state index >= 15 is 0 Å². The van der Waals surface area contributed by atoms with Gasteiger partial charge in [-0.2, -0.15) is 0 Å². The Morgan fingerprint density at radius 2 is 1.71 bits per heavy atom. The van der Waals surface area contributed by atoms with Gasteiger partial charge in [-0.25, -0.2) is 4.98 Å². The zero-order valence-corrected chi connectivity index (χ0v) is 11.5. The van der Waals surface area contributed by atoms with Gasteiger partial charge >= 0.3 is 0 Å². The van der Waals surface area contributed by atoms with Crippen LogP contribution in [-0.4, -0.2) is 11.8 Å². The van der Waals surface area contributed by atoms with Crippen molar-refractivity contribution >= 4 is 0 Å². The van der Waals surface area contributed by atoms with Crippen molar-refractivity contribution in [1.29, 1.82) is 0 Å². The van der Waals surface area contributed by atoms with Crippen LogP contribution >= 0.6 is 0 Å². The molecule has 0 fully saturated rings. The van der Waals surface area contributed by atoms with Crippen LogP contribution < -0.4 is 9.47 Å². The molecule has 2 heterocycles. The molecule has 0 radical (unpaired) electrons. The summed E-state index contributed by atoms with van der Waals surface area (Å²) < 4.78 is 16.7. The van der Waals surface area contributed by atoms with Gasteiger partial charge in [-0.15, -0.1) is 0 Å². The van der Waals surface area contributed by atoms with Crippen molar-refractivity contribution in [3.05, 3.63) is 54.2 Å². The Balaban J connectivity index is 1.78. The molecule has 2 aromatic carbocycles. The minimum absolute atomic E-state index is 0.267. The first kappa shape index (κ1) is 12.0. The molecule has 0 bridgehead atoms. The maximum absolute atomic E-state index is 5.94. The highest BCUT2D eigenvalue weighted by atomic mass is 16.7. The number of aromatic nitrogens is 1. The molecule has 3 aromatic rings. The van der Waals surface area contributed by atoms with Crippen LogP contribution in [0.15, 0.2) is 52.9 Å². The van der Waals surface area contributed by atoms with Crippen LogP contribution in [0, 0.1) is 6.92 Å². The molecule has 0 aliphatic carbocycles. The number of ether oxygens (including phenoxy) is 2. The minimum Gasteiger partial charge on any atom is -0.454 e. The van der Waals surface area contributed by atoms with Gasteiger partial charge in [0.25, 0.3) is 0 Å². The zero-order chi connectivity index (χ0) is 14.2. The summed E-state index contributed by atoms with van der Waals surface area (Å²) in [4.78, 5) is 4.51. The number of hydrogen-bond acceptors (Lipinski definition) is 4. The lowest BCUT2D eigenvalue weighted by molar-refractivity contribution is 0.174. The van der Waals surface area contributed by atoms with Gasteiger partial charge in [0.15, 0.2) is 17.3 Å². The highest BCUT2D eigenvalue weighted by molar-refractivity contribution is 5.67. The number of aryl methyl sites for hydroxylation is 1. The molecule has 0 amide bonds. The number of nitrogens with zero attached hydrogens (tertiary/aromatic N) is 1. The van der Waals surface area contributed by atoms with Crippen LogP contribution in [0.4, 0.5) is 0 Å². The predicted octanol–water partition coefficient (Wildman–Crippen LogP) is 4.05. The summed E-state index contributed by atoms with van der Waals surface area (Å²) in [7, 11) is 0. The summed E-state index contributed by atoms with van der Waals surface area (Å²) in [6.45, 7) is 2.21. The van der Waals surface area contributed by atoms with E-state index in [4.69, 9.17) is 13.9 Å². The molecule has 21 heavy (non-hydrogen) atoms. The third kappa shape index (κ3) is 2.05. The monoisotopic (exact) mass is 279 g/mol. The van der Waals surface area contributed by atoms with Gasteiger partial charge in [-0.05, 0) is 37.3 Å². The Labute approximate surface area is 122 Å². The molecule has 0 saturated heterocycles. The molecule has 0 spiro atoms. The summed E-state index contributed by atoms with van der Waals surface area (Å²) >= 11 is 0. The maximum Gasteiger partial charge on any atom is 0.231 e. The maximum atomic E-state index is 5.94. The van der Waals surface area contributed by atoms with Crippen molar-refractivity contribution in [3.8, 4) is 34.3 Å². The zero-order valence-electron chi connectivity index (χ0n) is 11.5. The van der Waals surface area contributed by atoms with Crippen molar-refractivity contribution in [2.45, 2.75) is 6.92 Å². The van der Waals surface area contributed by atoms with Gasteiger partial charge < -0.3 is 13.9 Å². The first-order chi connectivity index (χ1) is 10.3. The lowest BCUT2D eigenvalue weighted by atomic mass is 10.1. The summed E-state index contributed by atoms with van der Waals surface area (Å²) in [6, 6.07) is 15.6. The first-order valence-corrected chi connectivity index (χ1v) is 6.74. The molecule has 4 heteroatoms. The molecule has 4 rings (SSSR count). The number of oxazole rings is 1. The van der Waals surface area contributed by atoms with E-state index in [1.807, 2.05) is 55.5 Å². The van der Waals surface area contributed by atoms with E-state index in [-0.39, 0.29) is 6.79 Å². The average Bonchev–Trinajstić information content (AvgIpc) is 3.13. The van der Waals surface area contributed by atoms with Gasteiger partial charge in [0, 0.05) is 11.1 Å². The Morgan fingerprint density at radius 1 is 0.905 bits per heavy atom. The van der Waals surface area contributed by atoms with E-state index in [1.54, 1.807) is 0 Å². The molecular weight excluding hydrogens is 266 g/mol. The van der Waals surface area contributed by atoms with Crippen molar-refractivity contribution in [2.24, 2.45) is 0 Å². The normalized spacial score (nSPS) is 12.6. The quantitative estimate of drug-likeness (QED) is 0.710. The van der Waals surface area contributed by atoms with Crippen LogP contribution in [0.1, 0.15) is 5.69 Å². The van der Waals surface area contributed by atoms with Gasteiger partial charge in [0.05, 0.1) is 5.69 Å². The first-order valence-electron chi connectivity index (χ1n) is 6.74. The number of benzene rings is 2. The second-order valence-corrected chi connectivity index (χ2v) is 4.87. The molecule has 0 N–H and O–H groups in total. The number of rotatable bonds is 2. The fourth-order valence-corrected chi connectivity index (χ4v) is 2.41. The van der Waals surface area contributed by atoms with Crippen LogP contribution in [-0.2, 0) is 0 Å². The lowest BCUT2D eigenvalue weighted by Gasteiger charge is -2.00. The number of hydrogen-bond donors (Lipinski definition) is 0. The van der Waals surface area contributed by atoms with Gasteiger partial charge in [-0.3, -0.25) is 0 Å². The van der Waals surface area contributed by atoms with Crippen molar-refractivity contribution in [2.75, 3.05) is 6.79 Å². The number of fused-ring (bicyclic) bond motifs is 1. The summed E-state index contributed by atoms with van der Waals surface area (Å²) in [6.07, 6.45) is 0. The smallest absolute Gasteiger partial charge is 0.231 e. The summed E-state index contributed by atoms with van der Waals surface area (Å²) in [5, 5.41) is 0. The van der Waals surface area contributed by atoms with E-state index < -0.39 is 0 Å². The fraction of sp³-hybridized carbons (Fsp3) is 0.118. The predicted molar refractivity (Wildman–Crippen MR) is 78.2 cm³/mol. The second kappa shape index (κ2) is 4.66. The van der Waals surface area contributed by atoms with Gasteiger partial charge in [0.2, 0.25) is 12.7 Å². The highest BCUT2D eigenvalue weighted by Crippen LogP contribution is 2.37. The van der Waals surface area contributed by atoms with Crippen LogP contribution in [0.3, 0.4) is 0 Å². The standard InChI is InChI=1S/C17H13NO3/c1-11-16(13-7-8-14-15(9-13)20-10-19-14)21-17(18-11)12-5-3-2-4-6-12/h2-9H,10H2,1H3. The van der Waals surface area contributed by atoms with E-state index in [0.29, 0.717) is 5.89 Å². The molecule has 4 nitrogen and oxygen atoms in total. The average molecular weight is 279 g/mol. The fourth-order valence-electron chi connectivity index (χ4n) is 2.41. The molecular formula is C17H13NO3. The van der Waals surface area contributed by atoms with Gasteiger partial charge in [-0.1, -0.05) is 18.2 Å². The molecule has 1 aliphatic heterocycles. The van der Waals surface area contributed by atoms with E-state index in [2.05, 4.69) is 4.98 Å². The minimum atomic E-state index is 0.267. The van der Waals surface area contributed by atoms with Gasteiger partial charge in [0.1, 0.15) is 0 Å². The Kier molecular flexibility index (Phi) is 2.67. The van der Waals surface area contributed by atoms with Crippen molar-refractivity contribution < 1.29 is 13.9 Å². The molecule has 0 saturated carbocycles. The van der Waals surface area contributed by atoms with E-state index in [1.165, 1.54) is 0 Å². The Hall–Kier alpha value is -2.75. The Bertz CT molecular complexity index is 793. The topological polar surface area (TPSA) is 44.5 Å². The summed E-state index contributed by atoms with van der Waals surface area (Å²) in [5.41, 5.74) is 2.76. The third-order valence-corrected chi connectivity index (χ3v) is 3.45. The molecule has 0 atom stereocenters. The van der Waals surface area contributed by atoms with Crippen molar-refractivity contribution in [1.82, 2.24) is 4.98 Å². The second-order valence-electron chi connectivity index (χ2n) is 4.87. The molecule has 104 valence electrons. The summed E-state index contributed by atoms with van der Waals surface area (Å²) in [5.74, 6) is 2.89. The van der Waals surface area contributed by atoms with E-state index in [9.17, 15) is 0 Å².